The summed E-state index contributed by atoms with van der Waals surface area (Å²) < 4.78 is 0. The van der Waals surface area contributed by atoms with E-state index in [4.69, 9.17) is 5.73 Å². The van der Waals surface area contributed by atoms with Crippen molar-refractivity contribution in [2.45, 2.75) is 25.7 Å². The van der Waals surface area contributed by atoms with Crippen LogP contribution in [0.1, 0.15) is 34.3 Å². The molecule has 0 radical (unpaired) electrons. The van der Waals surface area contributed by atoms with Crippen LogP contribution in [-0.2, 0) is 17.6 Å². The molecule has 0 spiro atoms. The third-order valence-corrected chi connectivity index (χ3v) is 6.06. The van der Waals surface area contributed by atoms with Crippen molar-refractivity contribution in [1.82, 2.24) is 4.90 Å². The molecule has 0 aromatic heterocycles. The van der Waals surface area contributed by atoms with Gasteiger partial charge in [0, 0.05) is 43.9 Å². The number of primary amides is 1. The normalized spacial score (nSPS) is 19.2. The number of nitrogens with zero attached hydrogens (tertiary/aromatic N) is 2. The Morgan fingerprint density at radius 2 is 1.61 bits per heavy atom. The summed E-state index contributed by atoms with van der Waals surface area (Å²) in [7, 11) is 0. The summed E-state index contributed by atoms with van der Waals surface area (Å²) in [6, 6.07) is 16.0. The second kappa shape index (κ2) is 8.05. The number of carbonyl (C=O) groups is 2. The van der Waals surface area contributed by atoms with Gasteiger partial charge in [0.1, 0.15) is 0 Å². The molecule has 1 aliphatic heterocycles. The van der Waals surface area contributed by atoms with Crippen molar-refractivity contribution in [3.63, 3.8) is 0 Å². The molecule has 1 saturated heterocycles. The maximum atomic E-state index is 12.8. The van der Waals surface area contributed by atoms with Gasteiger partial charge in [-0.3, -0.25) is 9.59 Å². The quantitative estimate of drug-likeness (QED) is 0.891. The Morgan fingerprint density at radius 3 is 2.29 bits per heavy atom. The number of fused-ring (bicyclic) bond motifs is 1. The molecule has 1 fully saturated rings. The predicted molar refractivity (Wildman–Crippen MR) is 110 cm³/mol. The minimum atomic E-state index is -0.410. The lowest BCUT2D eigenvalue weighted by Crippen LogP contribution is -2.49. The van der Waals surface area contributed by atoms with Crippen molar-refractivity contribution in [3.05, 3.63) is 65.2 Å². The number of amides is 2. The van der Waals surface area contributed by atoms with Crippen molar-refractivity contribution in [2.24, 2.45) is 11.7 Å². The van der Waals surface area contributed by atoms with Crippen molar-refractivity contribution >= 4 is 17.5 Å². The first-order chi connectivity index (χ1) is 13.6. The number of aryl methyl sites for hydroxylation is 1. The lowest BCUT2D eigenvalue weighted by molar-refractivity contribution is -0.132. The summed E-state index contributed by atoms with van der Waals surface area (Å²) in [5.41, 5.74) is 9.75. The van der Waals surface area contributed by atoms with E-state index in [9.17, 15) is 9.59 Å². The van der Waals surface area contributed by atoms with Gasteiger partial charge in [0.15, 0.2) is 0 Å². The second-order valence-electron chi connectivity index (χ2n) is 7.86. The Hall–Kier alpha value is -2.82. The van der Waals surface area contributed by atoms with Crippen molar-refractivity contribution in [3.8, 4) is 0 Å². The molecule has 0 bridgehead atoms. The van der Waals surface area contributed by atoms with Gasteiger partial charge in [-0.15, -0.1) is 0 Å². The van der Waals surface area contributed by atoms with E-state index in [-0.39, 0.29) is 5.91 Å². The molecule has 2 aromatic carbocycles. The van der Waals surface area contributed by atoms with E-state index in [1.807, 2.05) is 17.0 Å². The minimum absolute atomic E-state index is 0.285. The Labute approximate surface area is 166 Å². The van der Waals surface area contributed by atoms with Crippen LogP contribution >= 0.6 is 0 Å². The fourth-order valence-corrected chi connectivity index (χ4v) is 4.37. The number of rotatable bonds is 4. The number of anilines is 1. The monoisotopic (exact) mass is 377 g/mol. The molecule has 2 aromatic rings. The minimum Gasteiger partial charge on any atom is -0.368 e. The Morgan fingerprint density at radius 1 is 0.929 bits per heavy atom. The molecule has 2 aliphatic rings. The van der Waals surface area contributed by atoms with E-state index >= 15 is 0 Å². The highest BCUT2D eigenvalue weighted by Gasteiger charge is 2.26. The molecule has 146 valence electrons. The van der Waals surface area contributed by atoms with Gasteiger partial charge in [-0.2, -0.15) is 0 Å². The molecular weight excluding hydrogens is 350 g/mol. The van der Waals surface area contributed by atoms with Crippen LogP contribution in [0.15, 0.2) is 48.5 Å². The van der Waals surface area contributed by atoms with E-state index in [1.54, 1.807) is 12.1 Å². The smallest absolute Gasteiger partial charge is 0.248 e. The first kappa shape index (κ1) is 18.5. The van der Waals surface area contributed by atoms with Crippen LogP contribution in [0.5, 0.6) is 0 Å². The topological polar surface area (TPSA) is 66.6 Å². The number of hydrogen-bond acceptors (Lipinski definition) is 3. The summed E-state index contributed by atoms with van der Waals surface area (Å²) in [4.78, 5) is 28.3. The van der Waals surface area contributed by atoms with Crippen molar-refractivity contribution < 1.29 is 9.59 Å². The van der Waals surface area contributed by atoms with Gasteiger partial charge in [-0.1, -0.05) is 24.3 Å². The second-order valence-corrected chi connectivity index (χ2v) is 7.86. The predicted octanol–water partition coefficient (Wildman–Crippen LogP) is 2.63. The highest BCUT2D eigenvalue weighted by molar-refractivity contribution is 5.93. The van der Waals surface area contributed by atoms with Gasteiger partial charge >= 0.3 is 0 Å². The third-order valence-electron chi connectivity index (χ3n) is 6.06. The molecule has 2 N–H and O–H groups in total. The van der Waals surface area contributed by atoms with Crippen molar-refractivity contribution in [2.75, 3.05) is 31.1 Å². The molecule has 1 heterocycles. The molecule has 28 heavy (non-hydrogen) atoms. The summed E-state index contributed by atoms with van der Waals surface area (Å²) in [5.74, 6) is 0.335. The largest absolute Gasteiger partial charge is 0.368 e. The number of piperazine rings is 1. The zero-order valence-corrected chi connectivity index (χ0v) is 16.1. The first-order valence-electron chi connectivity index (χ1n) is 10.1. The molecule has 2 amide bonds. The van der Waals surface area contributed by atoms with Gasteiger partial charge in [-0.05, 0) is 60.6 Å². The summed E-state index contributed by atoms with van der Waals surface area (Å²) in [6.45, 7) is 3.13. The highest BCUT2D eigenvalue weighted by Crippen LogP contribution is 2.28. The molecular formula is C23H27N3O2. The van der Waals surface area contributed by atoms with E-state index in [2.05, 4.69) is 29.2 Å². The zero-order valence-electron chi connectivity index (χ0n) is 16.1. The van der Waals surface area contributed by atoms with Crippen LogP contribution in [0.4, 0.5) is 5.69 Å². The molecule has 5 nitrogen and oxygen atoms in total. The van der Waals surface area contributed by atoms with Crippen molar-refractivity contribution in [1.29, 1.82) is 0 Å². The van der Waals surface area contributed by atoms with Crippen LogP contribution in [0.3, 0.4) is 0 Å². The number of hydrogen-bond donors (Lipinski definition) is 1. The van der Waals surface area contributed by atoms with Crippen LogP contribution < -0.4 is 10.6 Å². The Kier molecular flexibility index (Phi) is 5.33. The van der Waals surface area contributed by atoms with E-state index < -0.39 is 5.91 Å². The van der Waals surface area contributed by atoms with Gasteiger partial charge in [0.25, 0.3) is 0 Å². The lowest BCUT2D eigenvalue weighted by Gasteiger charge is -2.37. The molecule has 1 aliphatic carbocycles. The molecule has 5 heteroatoms. The number of nitrogens with two attached hydrogens (primary N) is 1. The molecule has 1 atom stereocenters. The molecule has 0 saturated carbocycles. The maximum Gasteiger partial charge on any atom is 0.248 e. The average molecular weight is 377 g/mol. The third kappa shape index (κ3) is 4.03. The SMILES string of the molecule is NC(=O)c1ccc(N2CCN(C(=O)C[C@H]3CCc4ccccc4C3)CC2)cc1. The lowest BCUT2D eigenvalue weighted by atomic mass is 9.82. The van der Waals surface area contributed by atoms with Gasteiger partial charge in [0.05, 0.1) is 0 Å². The maximum absolute atomic E-state index is 12.8. The standard InChI is InChI=1S/C23H27N3O2/c24-23(28)19-7-9-21(10-8-19)25-11-13-26(14-12-25)22(27)16-17-5-6-18-3-1-2-4-20(18)15-17/h1-4,7-10,17H,5-6,11-16H2,(H2,24,28)/t17-/m0/s1. The van der Waals surface area contributed by atoms with Gasteiger partial charge in [-0.25, -0.2) is 0 Å². The van der Waals surface area contributed by atoms with E-state index in [0.717, 1.165) is 51.1 Å². The zero-order chi connectivity index (χ0) is 19.5. The summed E-state index contributed by atoms with van der Waals surface area (Å²) in [6.07, 6.45) is 3.87. The van der Waals surface area contributed by atoms with E-state index in [0.29, 0.717) is 17.9 Å². The summed E-state index contributed by atoms with van der Waals surface area (Å²) >= 11 is 0. The molecule has 0 unspecified atom stereocenters. The highest BCUT2D eigenvalue weighted by atomic mass is 16.2. The number of benzene rings is 2. The summed E-state index contributed by atoms with van der Waals surface area (Å²) in [5, 5.41) is 0. The Bertz CT molecular complexity index is 854. The van der Waals surface area contributed by atoms with Crippen LogP contribution in [0.25, 0.3) is 0 Å². The van der Waals surface area contributed by atoms with Gasteiger partial charge in [0.2, 0.25) is 11.8 Å². The van der Waals surface area contributed by atoms with E-state index in [1.165, 1.54) is 11.1 Å². The fraction of sp³-hybridized carbons (Fsp3) is 0.391. The number of carbonyl (C=O) groups excluding carboxylic acids is 2. The van der Waals surface area contributed by atoms with Crippen LogP contribution in [0.2, 0.25) is 0 Å². The van der Waals surface area contributed by atoms with Gasteiger partial charge < -0.3 is 15.5 Å². The molecule has 4 rings (SSSR count). The first-order valence-corrected chi connectivity index (χ1v) is 10.1. The average Bonchev–Trinajstić information content (AvgIpc) is 2.74. The fourth-order valence-electron chi connectivity index (χ4n) is 4.37. The van der Waals surface area contributed by atoms with Crippen LogP contribution in [0, 0.1) is 5.92 Å². The van der Waals surface area contributed by atoms with Crippen LogP contribution in [-0.4, -0.2) is 42.9 Å². The Balaban J connectivity index is 1.29.